The van der Waals surface area contributed by atoms with Crippen LogP contribution in [0.3, 0.4) is 0 Å². The molecule has 7 nitrogen and oxygen atoms in total. The summed E-state index contributed by atoms with van der Waals surface area (Å²) in [5.74, 6) is -0.936. The van der Waals surface area contributed by atoms with Gasteiger partial charge in [-0.05, 0) is 30.7 Å². The molecule has 0 radical (unpaired) electrons. The Labute approximate surface area is 200 Å². The van der Waals surface area contributed by atoms with Crippen LogP contribution in [-0.4, -0.2) is 98.3 Å². The molecule has 0 N–H and O–H groups in total. The molecule has 8 heteroatoms. The van der Waals surface area contributed by atoms with Gasteiger partial charge in [-0.1, -0.05) is 30.3 Å². The molecule has 1 unspecified atom stereocenters. The molecular weight excluding hydrogens is 437 g/mol. The number of nitrogens with zero attached hydrogens (tertiary/aromatic N) is 3. The van der Waals surface area contributed by atoms with Crippen molar-refractivity contribution in [2.75, 3.05) is 65.6 Å². The molecule has 2 heterocycles. The van der Waals surface area contributed by atoms with Gasteiger partial charge in [0.25, 0.3) is 11.8 Å². The SMILES string of the molecule is Cc1ccccc1C(=O)N1CCOC(CN(CCN2CCOCC2)C(=O)c2ccccc2F)C1. The molecule has 182 valence electrons. The van der Waals surface area contributed by atoms with E-state index in [2.05, 4.69) is 4.90 Å². The average molecular weight is 470 g/mol. The van der Waals surface area contributed by atoms with Gasteiger partial charge in [-0.25, -0.2) is 4.39 Å². The topological polar surface area (TPSA) is 62.3 Å². The third-order valence-corrected chi connectivity index (χ3v) is 6.41. The lowest BCUT2D eigenvalue weighted by Crippen LogP contribution is -2.52. The van der Waals surface area contributed by atoms with Gasteiger partial charge < -0.3 is 19.3 Å². The van der Waals surface area contributed by atoms with E-state index in [1.807, 2.05) is 31.2 Å². The van der Waals surface area contributed by atoms with Crippen LogP contribution in [0, 0.1) is 12.7 Å². The van der Waals surface area contributed by atoms with Gasteiger partial charge in [-0.15, -0.1) is 0 Å². The Morgan fingerprint density at radius 3 is 2.44 bits per heavy atom. The lowest BCUT2D eigenvalue weighted by Gasteiger charge is -2.37. The fraction of sp³-hybridized carbons (Fsp3) is 0.462. The largest absolute Gasteiger partial charge is 0.379 e. The Morgan fingerprint density at radius 2 is 1.71 bits per heavy atom. The first kappa shape index (κ1) is 24.3. The highest BCUT2D eigenvalue weighted by Gasteiger charge is 2.29. The zero-order valence-electron chi connectivity index (χ0n) is 19.6. The summed E-state index contributed by atoms with van der Waals surface area (Å²) in [6, 6.07) is 13.6. The van der Waals surface area contributed by atoms with Crippen LogP contribution >= 0.6 is 0 Å². The molecule has 34 heavy (non-hydrogen) atoms. The number of amides is 2. The van der Waals surface area contributed by atoms with Crippen molar-refractivity contribution in [3.63, 3.8) is 0 Å². The van der Waals surface area contributed by atoms with Gasteiger partial charge in [0.05, 0.1) is 31.5 Å². The zero-order chi connectivity index (χ0) is 23.9. The molecule has 2 aliphatic rings. The smallest absolute Gasteiger partial charge is 0.256 e. The van der Waals surface area contributed by atoms with Gasteiger partial charge in [-0.3, -0.25) is 14.5 Å². The molecule has 2 aromatic rings. The highest BCUT2D eigenvalue weighted by Crippen LogP contribution is 2.17. The maximum atomic E-state index is 14.4. The van der Waals surface area contributed by atoms with E-state index in [4.69, 9.17) is 9.47 Å². The molecule has 4 rings (SSSR count). The Morgan fingerprint density at radius 1 is 1.00 bits per heavy atom. The summed E-state index contributed by atoms with van der Waals surface area (Å²) < 4.78 is 25.8. The van der Waals surface area contributed by atoms with E-state index in [9.17, 15) is 14.0 Å². The van der Waals surface area contributed by atoms with Crippen molar-refractivity contribution in [3.05, 3.63) is 71.0 Å². The molecule has 2 aromatic carbocycles. The van der Waals surface area contributed by atoms with E-state index in [1.54, 1.807) is 21.9 Å². The minimum absolute atomic E-state index is 0.0355. The Balaban J connectivity index is 1.46. The second-order valence-corrected chi connectivity index (χ2v) is 8.74. The molecule has 2 amide bonds. The monoisotopic (exact) mass is 469 g/mol. The standard InChI is InChI=1S/C26H32FN3O4/c1-20-6-2-3-7-22(20)25(31)30-14-17-34-21(19-30)18-29(11-10-28-12-15-33-16-13-28)26(32)23-8-4-5-9-24(23)27/h2-9,21H,10-19H2,1H3. The minimum Gasteiger partial charge on any atom is -0.379 e. The molecular formula is C26H32FN3O4. The molecule has 2 aliphatic heterocycles. The summed E-state index contributed by atoms with van der Waals surface area (Å²) in [7, 11) is 0. The summed E-state index contributed by atoms with van der Waals surface area (Å²) >= 11 is 0. The highest BCUT2D eigenvalue weighted by molar-refractivity contribution is 5.96. The third-order valence-electron chi connectivity index (χ3n) is 6.41. The number of ether oxygens (including phenoxy) is 2. The van der Waals surface area contributed by atoms with Crippen LogP contribution in [0.5, 0.6) is 0 Å². The number of benzene rings is 2. The van der Waals surface area contributed by atoms with Crippen LogP contribution in [0.15, 0.2) is 48.5 Å². The second kappa shape index (κ2) is 11.6. The fourth-order valence-electron chi connectivity index (χ4n) is 4.41. The number of halogens is 1. The molecule has 0 bridgehead atoms. The Bertz CT molecular complexity index is 996. The number of hydrogen-bond acceptors (Lipinski definition) is 5. The van der Waals surface area contributed by atoms with Crippen LogP contribution in [0.2, 0.25) is 0 Å². The van der Waals surface area contributed by atoms with Gasteiger partial charge in [0.1, 0.15) is 5.82 Å². The van der Waals surface area contributed by atoms with Crippen LogP contribution in [0.4, 0.5) is 4.39 Å². The number of hydrogen-bond donors (Lipinski definition) is 0. The van der Waals surface area contributed by atoms with Crippen molar-refractivity contribution in [1.29, 1.82) is 0 Å². The van der Waals surface area contributed by atoms with E-state index in [-0.39, 0.29) is 30.0 Å². The molecule has 1 atom stereocenters. The molecule has 2 saturated heterocycles. The van der Waals surface area contributed by atoms with Gasteiger partial charge in [0.15, 0.2) is 0 Å². The molecule has 2 fully saturated rings. The number of aryl methyl sites for hydroxylation is 1. The summed E-state index contributed by atoms with van der Waals surface area (Å²) in [5.41, 5.74) is 1.65. The Hall–Kier alpha value is -2.81. The van der Waals surface area contributed by atoms with Crippen molar-refractivity contribution in [3.8, 4) is 0 Å². The predicted molar refractivity (Wildman–Crippen MR) is 126 cm³/mol. The average Bonchev–Trinajstić information content (AvgIpc) is 2.87. The molecule has 0 saturated carbocycles. The van der Waals surface area contributed by atoms with Crippen molar-refractivity contribution >= 4 is 11.8 Å². The van der Waals surface area contributed by atoms with Crippen LogP contribution in [-0.2, 0) is 9.47 Å². The predicted octanol–water partition coefficient (Wildman–Crippen LogP) is 2.45. The van der Waals surface area contributed by atoms with E-state index >= 15 is 0 Å². The van der Waals surface area contributed by atoms with E-state index in [1.165, 1.54) is 12.1 Å². The van der Waals surface area contributed by atoms with E-state index < -0.39 is 5.82 Å². The van der Waals surface area contributed by atoms with Crippen molar-refractivity contribution in [2.24, 2.45) is 0 Å². The van der Waals surface area contributed by atoms with Crippen LogP contribution < -0.4 is 0 Å². The quantitative estimate of drug-likeness (QED) is 0.624. The van der Waals surface area contributed by atoms with Crippen molar-refractivity contribution < 1.29 is 23.5 Å². The summed E-state index contributed by atoms with van der Waals surface area (Å²) in [5, 5.41) is 0. The van der Waals surface area contributed by atoms with Gasteiger partial charge >= 0.3 is 0 Å². The maximum Gasteiger partial charge on any atom is 0.256 e. The molecule has 0 aliphatic carbocycles. The number of carbonyl (C=O) groups excluding carboxylic acids is 2. The Kier molecular flexibility index (Phi) is 8.26. The van der Waals surface area contributed by atoms with Gasteiger partial charge in [0, 0.05) is 51.4 Å². The zero-order valence-corrected chi connectivity index (χ0v) is 19.6. The van der Waals surface area contributed by atoms with Crippen molar-refractivity contribution in [1.82, 2.24) is 14.7 Å². The van der Waals surface area contributed by atoms with Crippen molar-refractivity contribution in [2.45, 2.75) is 13.0 Å². The number of carbonyl (C=O) groups is 2. The summed E-state index contributed by atoms with van der Waals surface area (Å²) in [6.45, 7) is 7.55. The molecule has 0 spiro atoms. The molecule has 0 aromatic heterocycles. The van der Waals surface area contributed by atoms with Crippen LogP contribution in [0.25, 0.3) is 0 Å². The maximum absolute atomic E-state index is 14.4. The first-order valence-corrected chi connectivity index (χ1v) is 11.8. The lowest BCUT2D eigenvalue weighted by atomic mass is 10.1. The highest BCUT2D eigenvalue weighted by atomic mass is 19.1. The lowest BCUT2D eigenvalue weighted by molar-refractivity contribution is -0.0347. The summed E-state index contributed by atoms with van der Waals surface area (Å²) in [4.78, 5) is 32.1. The first-order valence-electron chi connectivity index (χ1n) is 11.8. The van der Waals surface area contributed by atoms with Gasteiger partial charge in [-0.2, -0.15) is 0 Å². The number of rotatable bonds is 7. The minimum atomic E-state index is -0.537. The summed E-state index contributed by atoms with van der Waals surface area (Å²) in [6.07, 6.45) is -0.345. The first-order chi connectivity index (χ1) is 16.5. The number of morpholine rings is 2. The second-order valence-electron chi connectivity index (χ2n) is 8.74. The van der Waals surface area contributed by atoms with E-state index in [0.29, 0.717) is 51.6 Å². The van der Waals surface area contributed by atoms with E-state index in [0.717, 1.165) is 18.7 Å². The van der Waals surface area contributed by atoms with Gasteiger partial charge in [0.2, 0.25) is 0 Å². The fourth-order valence-corrected chi connectivity index (χ4v) is 4.41. The normalized spacial score (nSPS) is 19.1. The third kappa shape index (κ3) is 6.00. The van der Waals surface area contributed by atoms with Crippen LogP contribution in [0.1, 0.15) is 26.3 Å².